The number of urea groups is 1. The Hall–Kier alpha value is -3.91. The highest BCUT2D eigenvalue weighted by molar-refractivity contribution is 9.10. The van der Waals surface area contributed by atoms with Crippen LogP contribution in [0.25, 0.3) is 6.08 Å². The molecule has 8 heteroatoms. The minimum Gasteiger partial charge on any atom is -0.494 e. The fourth-order valence-electron chi connectivity index (χ4n) is 3.38. The molecule has 1 heterocycles. The quantitative estimate of drug-likeness (QED) is 0.346. The Bertz CT molecular complexity index is 1250. The number of carbonyl (C=O) groups excluding carboxylic acids is 3. The van der Waals surface area contributed by atoms with Gasteiger partial charge in [0.05, 0.1) is 12.3 Å². The van der Waals surface area contributed by atoms with E-state index in [0.29, 0.717) is 36.0 Å². The second-order valence-electron chi connectivity index (χ2n) is 7.34. The Kier molecular flexibility index (Phi) is 7.08. The Morgan fingerprint density at radius 1 is 0.912 bits per heavy atom. The molecule has 0 aromatic heterocycles. The van der Waals surface area contributed by atoms with Crippen LogP contribution in [0.3, 0.4) is 0 Å². The predicted octanol–water partition coefficient (Wildman–Crippen LogP) is 5.09. The lowest BCUT2D eigenvalue weighted by atomic mass is 10.1. The summed E-state index contributed by atoms with van der Waals surface area (Å²) in [4.78, 5) is 39.1. The van der Waals surface area contributed by atoms with E-state index >= 15 is 0 Å². The maximum atomic E-state index is 13.2. The molecule has 1 aliphatic rings. The number of para-hydroxylation sites is 1. The number of hydrogen-bond donors (Lipinski definition) is 1. The van der Waals surface area contributed by atoms with E-state index in [4.69, 9.17) is 9.47 Å². The zero-order chi connectivity index (χ0) is 24.1. The molecular weight excluding hydrogens is 500 g/mol. The van der Waals surface area contributed by atoms with Gasteiger partial charge in [-0.15, -0.1) is 0 Å². The van der Waals surface area contributed by atoms with Crippen LogP contribution in [0.2, 0.25) is 0 Å². The molecule has 1 aliphatic heterocycles. The van der Waals surface area contributed by atoms with Crippen molar-refractivity contribution in [1.29, 1.82) is 0 Å². The second-order valence-corrected chi connectivity index (χ2v) is 8.25. The lowest BCUT2D eigenvalue weighted by Gasteiger charge is -2.26. The first kappa shape index (κ1) is 23.3. The third kappa shape index (κ3) is 5.18. The third-order valence-electron chi connectivity index (χ3n) is 5.03. The summed E-state index contributed by atoms with van der Waals surface area (Å²) in [5, 5.41) is 2.23. The predicted molar refractivity (Wildman–Crippen MR) is 132 cm³/mol. The lowest BCUT2D eigenvalue weighted by Crippen LogP contribution is -2.54. The van der Waals surface area contributed by atoms with Gasteiger partial charge < -0.3 is 9.47 Å². The smallest absolute Gasteiger partial charge is 0.335 e. The van der Waals surface area contributed by atoms with Gasteiger partial charge in [0.2, 0.25) is 0 Å². The number of imide groups is 2. The van der Waals surface area contributed by atoms with Crippen molar-refractivity contribution in [2.24, 2.45) is 0 Å². The summed E-state index contributed by atoms with van der Waals surface area (Å²) in [7, 11) is 0. The molecule has 34 heavy (non-hydrogen) atoms. The van der Waals surface area contributed by atoms with E-state index in [2.05, 4.69) is 21.2 Å². The van der Waals surface area contributed by atoms with Gasteiger partial charge in [-0.2, -0.15) is 0 Å². The molecule has 7 nitrogen and oxygen atoms in total. The molecule has 4 rings (SSSR count). The number of barbiturate groups is 1. The summed E-state index contributed by atoms with van der Waals surface area (Å²) in [6.45, 7) is 2.66. The fraction of sp³-hybridized carbons (Fsp3) is 0.115. The summed E-state index contributed by atoms with van der Waals surface area (Å²) in [6.07, 6.45) is 1.43. The van der Waals surface area contributed by atoms with Crippen molar-refractivity contribution < 1.29 is 23.9 Å². The number of rotatable bonds is 7. The number of hydrogen-bond acceptors (Lipinski definition) is 5. The number of nitrogens with zero attached hydrogens (tertiary/aromatic N) is 1. The van der Waals surface area contributed by atoms with Gasteiger partial charge in [-0.05, 0) is 61.0 Å². The highest BCUT2D eigenvalue weighted by Gasteiger charge is 2.37. The first-order valence-corrected chi connectivity index (χ1v) is 11.4. The zero-order valence-electron chi connectivity index (χ0n) is 18.3. The van der Waals surface area contributed by atoms with Gasteiger partial charge >= 0.3 is 6.03 Å². The van der Waals surface area contributed by atoms with Crippen LogP contribution < -0.4 is 19.7 Å². The van der Waals surface area contributed by atoms with Crippen LogP contribution in [0, 0.1) is 0 Å². The van der Waals surface area contributed by atoms with Gasteiger partial charge in [0.25, 0.3) is 11.8 Å². The SMILES string of the molecule is CCOc1ccc(N2C(=O)NC(=O)/C(=C\c3ccccc3OCc3ccc(Br)cc3)C2=O)cc1. The van der Waals surface area contributed by atoms with E-state index < -0.39 is 17.8 Å². The monoisotopic (exact) mass is 520 g/mol. The van der Waals surface area contributed by atoms with Gasteiger partial charge in [0, 0.05) is 10.0 Å². The molecule has 1 N–H and O–H groups in total. The van der Waals surface area contributed by atoms with Crippen LogP contribution >= 0.6 is 15.9 Å². The standard InChI is InChI=1S/C26H21BrN2O5/c1-2-33-21-13-11-20(12-14-21)29-25(31)22(24(30)28-26(29)32)15-18-5-3-4-6-23(18)34-16-17-7-9-19(27)10-8-17/h3-15H,2,16H2,1H3,(H,28,30,32)/b22-15+. The number of amides is 4. The molecule has 0 spiro atoms. The Labute approximate surface area is 205 Å². The molecule has 0 unspecified atom stereocenters. The number of carbonyl (C=O) groups is 3. The van der Waals surface area contributed by atoms with Gasteiger partial charge in [-0.3, -0.25) is 14.9 Å². The van der Waals surface area contributed by atoms with E-state index in [-0.39, 0.29) is 5.57 Å². The Morgan fingerprint density at radius 2 is 1.62 bits per heavy atom. The average Bonchev–Trinajstić information content (AvgIpc) is 2.83. The number of ether oxygens (including phenoxy) is 2. The van der Waals surface area contributed by atoms with Crippen molar-refractivity contribution in [3.63, 3.8) is 0 Å². The first-order valence-electron chi connectivity index (χ1n) is 10.6. The number of nitrogens with one attached hydrogen (secondary N) is 1. The Morgan fingerprint density at radius 3 is 2.32 bits per heavy atom. The van der Waals surface area contributed by atoms with Crippen LogP contribution in [0.1, 0.15) is 18.1 Å². The maximum absolute atomic E-state index is 13.2. The molecule has 3 aromatic carbocycles. The van der Waals surface area contributed by atoms with Crippen molar-refractivity contribution in [3.8, 4) is 11.5 Å². The van der Waals surface area contributed by atoms with Crippen LogP contribution in [0.15, 0.2) is 82.8 Å². The van der Waals surface area contributed by atoms with Crippen molar-refractivity contribution in [2.75, 3.05) is 11.5 Å². The zero-order valence-corrected chi connectivity index (χ0v) is 19.9. The average molecular weight is 521 g/mol. The number of anilines is 1. The fourth-order valence-corrected chi connectivity index (χ4v) is 3.64. The molecule has 3 aromatic rings. The minimum absolute atomic E-state index is 0.173. The largest absolute Gasteiger partial charge is 0.494 e. The summed E-state index contributed by atoms with van der Waals surface area (Å²) < 4.78 is 12.3. The van der Waals surface area contributed by atoms with E-state index in [1.807, 2.05) is 31.2 Å². The van der Waals surface area contributed by atoms with Crippen LogP contribution in [0.5, 0.6) is 11.5 Å². The molecule has 0 bridgehead atoms. The normalized spacial score (nSPS) is 14.8. The van der Waals surface area contributed by atoms with Gasteiger partial charge in [-0.25, -0.2) is 9.69 Å². The van der Waals surface area contributed by atoms with E-state index in [1.54, 1.807) is 48.5 Å². The van der Waals surface area contributed by atoms with Gasteiger partial charge in [0.1, 0.15) is 23.7 Å². The molecule has 1 saturated heterocycles. The van der Waals surface area contributed by atoms with Crippen LogP contribution in [-0.2, 0) is 16.2 Å². The maximum Gasteiger partial charge on any atom is 0.335 e. The first-order chi connectivity index (χ1) is 16.5. The second kappa shape index (κ2) is 10.4. The van der Waals surface area contributed by atoms with Gasteiger partial charge in [0.15, 0.2) is 0 Å². The van der Waals surface area contributed by atoms with Crippen LogP contribution in [0.4, 0.5) is 10.5 Å². The van der Waals surface area contributed by atoms with E-state index in [0.717, 1.165) is 14.9 Å². The molecule has 0 atom stereocenters. The highest BCUT2D eigenvalue weighted by atomic mass is 79.9. The van der Waals surface area contributed by atoms with Crippen molar-refractivity contribution in [2.45, 2.75) is 13.5 Å². The van der Waals surface area contributed by atoms with Crippen molar-refractivity contribution in [1.82, 2.24) is 5.32 Å². The van der Waals surface area contributed by atoms with Crippen molar-refractivity contribution in [3.05, 3.63) is 94.0 Å². The molecule has 172 valence electrons. The van der Waals surface area contributed by atoms with E-state index in [9.17, 15) is 14.4 Å². The number of halogens is 1. The summed E-state index contributed by atoms with van der Waals surface area (Å²) >= 11 is 3.40. The third-order valence-corrected chi connectivity index (χ3v) is 5.56. The topological polar surface area (TPSA) is 84.9 Å². The summed E-state index contributed by atoms with van der Waals surface area (Å²) in [5.41, 5.74) is 1.65. The minimum atomic E-state index is -0.809. The number of benzene rings is 3. The molecule has 0 radical (unpaired) electrons. The molecule has 4 amide bonds. The molecule has 0 saturated carbocycles. The van der Waals surface area contributed by atoms with E-state index in [1.165, 1.54) is 6.08 Å². The van der Waals surface area contributed by atoms with Gasteiger partial charge in [-0.1, -0.05) is 46.3 Å². The Balaban J connectivity index is 1.60. The molecule has 0 aliphatic carbocycles. The molecule has 1 fully saturated rings. The van der Waals surface area contributed by atoms with Crippen LogP contribution in [-0.4, -0.2) is 24.5 Å². The van der Waals surface area contributed by atoms with Crippen molar-refractivity contribution >= 4 is 45.5 Å². The summed E-state index contributed by atoms with van der Waals surface area (Å²) in [6, 6.07) is 20.5. The summed E-state index contributed by atoms with van der Waals surface area (Å²) in [5.74, 6) is -0.372. The highest BCUT2D eigenvalue weighted by Crippen LogP contribution is 2.27. The lowest BCUT2D eigenvalue weighted by molar-refractivity contribution is -0.122. The molecular formula is C26H21BrN2O5.